The fourth-order valence-corrected chi connectivity index (χ4v) is 4.57. The summed E-state index contributed by atoms with van der Waals surface area (Å²) < 4.78 is 6.00. The van der Waals surface area contributed by atoms with Gasteiger partial charge in [0.2, 0.25) is 0 Å². The summed E-state index contributed by atoms with van der Waals surface area (Å²) in [5.74, 6) is 2.78. The first-order valence-corrected chi connectivity index (χ1v) is 9.02. The average molecular weight is 285 g/mol. The van der Waals surface area contributed by atoms with Crippen LogP contribution in [0.2, 0.25) is 0 Å². The lowest BCUT2D eigenvalue weighted by Gasteiger charge is -2.40. The maximum absolute atomic E-state index is 6.00. The number of ether oxygens (including phenoxy) is 1. The Morgan fingerprint density at radius 3 is 2.42 bits per heavy atom. The monoisotopic (exact) mass is 284 g/mol. The lowest BCUT2D eigenvalue weighted by Crippen LogP contribution is -2.36. The van der Waals surface area contributed by atoms with Crippen LogP contribution in [0.1, 0.15) is 71.6 Å². The van der Waals surface area contributed by atoms with Gasteiger partial charge in [-0.3, -0.25) is 0 Å². The molecule has 2 aliphatic rings. The van der Waals surface area contributed by atoms with Crippen LogP contribution in [0.5, 0.6) is 0 Å². The van der Waals surface area contributed by atoms with Crippen molar-refractivity contribution < 1.29 is 4.74 Å². The molecule has 112 valence electrons. The minimum atomic E-state index is 0.493. The van der Waals surface area contributed by atoms with Crippen LogP contribution in [0.4, 0.5) is 0 Å². The first kappa shape index (κ1) is 15.7. The molecule has 0 aromatic rings. The first-order chi connectivity index (χ1) is 9.20. The predicted octanol–water partition coefficient (Wildman–Crippen LogP) is 5.10. The molecule has 2 heteroatoms. The van der Waals surface area contributed by atoms with Crippen molar-refractivity contribution in [2.75, 3.05) is 6.61 Å². The van der Waals surface area contributed by atoms with E-state index in [0.29, 0.717) is 11.4 Å². The SMILES string of the molecule is CCCCOC1CCC(C2CCC(C)CC2)C(S)C1. The summed E-state index contributed by atoms with van der Waals surface area (Å²) >= 11 is 4.91. The fourth-order valence-electron chi connectivity index (χ4n) is 3.94. The molecule has 0 aliphatic heterocycles. The van der Waals surface area contributed by atoms with E-state index >= 15 is 0 Å². The maximum Gasteiger partial charge on any atom is 0.0585 e. The molecule has 0 saturated heterocycles. The Kier molecular flexibility index (Phi) is 6.55. The quantitative estimate of drug-likeness (QED) is 0.546. The smallest absolute Gasteiger partial charge is 0.0585 e. The molecule has 0 amide bonds. The third kappa shape index (κ3) is 4.67. The Hall–Kier alpha value is 0.310. The lowest BCUT2D eigenvalue weighted by molar-refractivity contribution is 0.00922. The van der Waals surface area contributed by atoms with E-state index in [1.54, 1.807) is 0 Å². The molecular weight excluding hydrogens is 252 g/mol. The number of hydrogen-bond donors (Lipinski definition) is 1. The standard InChI is InChI=1S/C17H32OS/c1-3-4-11-18-15-9-10-16(17(19)12-15)14-7-5-13(2)6-8-14/h13-17,19H,3-12H2,1-2H3. The van der Waals surface area contributed by atoms with Gasteiger partial charge in [-0.2, -0.15) is 12.6 Å². The number of unbranched alkanes of at least 4 members (excludes halogenated alkanes) is 1. The van der Waals surface area contributed by atoms with E-state index < -0.39 is 0 Å². The highest BCUT2D eigenvalue weighted by molar-refractivity contribution is 7.81. The normalized spacial score (nSPS) is 40.3. The van der Waals surface area contributed by atoms with Gasteiger partial charge in [-0.25, -0.2) is 0 Å². The van der Waals surface area contributed by atoms with Gasteiger partial charge in [0.05, 0.1) is 6.10 Å². The van der Waals surface area contributed by atoms with Gasteiger partial charge in [-0.1, -0.05) is 33.1 Å². The van der Waals surface area contributed by atoms with Gasteiger partial charge < -0.3 is 4.74 Å². The zero-order valence-corrected chi connectivity index (χ0v) is 13.7. The van der Waals surface area contributed by atoms with Crippen LogP contribution in [0.15, 0.2) is 0 Å². The van der Waals surface area contributed by atoms with Crippen LogP contribution in [0, 0.1) is 17.8 Å². The molecule has 0 N–H and O–H groups in total. The zero-order valence-electron chi connectivity index (χ0n) is 12.8. The highest BCUT2D eigenvalue weighted by Gasteiger charge is 2.35. The van der Waals surface area contributed by atoms with Crippen LogP contribution in [0.3, 0.4) is 0 Å². The van der Waals surface area contributed by atoms with E-state index in [2.05, 4.69) is 13.8 Å². The third-order valence-electron chi connectivity index (χ3n) is 5.34. The average Bonchev–Trinajstić information content (AvgIpc) is 2.41. The van der Waals surface area contributed by atoms with Gasteiger partial charge in [0.25, 0.3) is 0 Å². The van der Waals surface area contributed by atoms with Crippen LogP contribution in [0.25, 0.3) is 0 Å². The molecule has 0 spiro atoms. The molecule has 0 heterocycles. The van der Waals surface area contributed by atoms with E-state index in [4.69, 9.17) is 17.4 Å². The molecule has 3 atom stereocenters. The molecule has 3 unspecified atom stereocenters. The molecule has 1 nitrogen and oxygen atoms in total. The van der Waals surface area contributed by atoms with Gasteiger partial charge in [-0.05, 0) is 56.3 Å². The second-order valence-corrected chi connectivity index (χ2v) is 7.57. The summed E-state index contributed by atoms with van der Waals surface area (Å²) in [6, 6.07) is 0. The van der Waals surface area contributed by atoms with Gasteiger partial charge in [0.1, 0.15) is 0 Å². The van der Waals surface area contributed by atoms with Crippen molar-refractivity contribution in [2.24, 2.45) is 17.8 Å². The van der Waals surface area contributed by atoms with Crippen molar-refractivity contribution in [3.05, 3.63) is 0 Å². The van der Waals surface area contributed by atoms with E-state index in [0.717, 1.165) is 24.4 Å². The van der Waals surface area contributed by atoms with Crippen molar-refractivity contribution in [1.82, 2.24) is 0 Å². The van der Waals surface area contributed by atoms with Gasteiger partial charge in [-0.15, -0.1) is 0 Å². The van der Waals surface area contributed by atoms with Crippen molar-refractivity contribution in [2.45, 2.75) is 83.0 Å². The van der Waals surface area contributed by atoms with Crippen LogP contribution >= 0.6 is 12.6 Å². The minimum Gasteiger partial charge on any atom is -0.378 e. The second-order valence-electron chi connectivity index (χ2n) is 6.91. The Labute approximate surface area is 125 Å². The number of rotatable bonds is 5. The molecule has 2 fully saturated rings. The molecule has 2 rings (SSSR count). The van der Waals surface area contributed by atoms with E-state index in [-0.39, 0.29) is 0 Å². The van der Waals surface area contributed by atoms with Gasteiger partial charge in [0.15, 0.2) is 0 Å². The van der Waals surface area contributed by atoms with Crippen LogP contribution in [-0.4, -0.2) is 18.0 Å². The summed E-state index contributed by atoms with van der Waals surface area (Å²) in [6.45, 7) is 5.59. The van der Waals surface area contributed by atoms with Crippen molar-refractivity contribution in [3.8, 4) is 0 Å². The van der Waals surface area contributed by atoms with Crippen LogP contribution < -0.4 is 0 Å². The molecule has 2 aliphatic carbocycles. The molecule has 0 aromatic carbocycles. The molecular formula is C17H32OS. The summed E-state index contributed by atoms with van der Waals surface area (Å²) in [7, 11) is 0. The molecule has 0 aromatic heterocycles. The van der Waals surface area contributed by atoms with E-state index in [9.17, 15) is 0 Å². The van der Waals surface area contributed by atoms with Crippen LogP contribution in [-0.2, 0) is 4.74 Å². The molecule has 0 radical (unpaired) electrons. The number of thiol groups is 1. The van der Waals surface area contributed by atoms with Gasteiger partial charge in [0, 0.05) is 11.9 Å². The lowest BCUT2D eigenvalue weighted by atomic mass is 9.70. The molecule has 19 heavy (non-hydrogen) atoms. The Bertz CT molecular complexity index is 248. The minimum absolute atomic E-state index is 0.493. The van der Waals surface area contributed by atoms with E-state index in [1.807, 2.05) is 0 Å². The first-order valence-electron chi connectivity index (χ1n) is 8.50. The van der Waals surface area contributed by atoms with Crippen molar-refractivity contribution in [1.29, 1.82) is 0 Å². The highest BCUT2D eigenvalue weighted by atomic mass is 32.1. The summed E-state index contributed by atoms with van der Waals surface area (Å²) in [6.07, 6.45) is 12.5. The highest BCUT2D eigenvalue weighted by Crippen LogP contribution is 2.42. The Morgan fingerprint density at radius 2 is 1.79 bits per heavy atom. The summed E-state index contributed by atoms with van der Waals surface area (Å²) in [5, 5.41) is 0.582. The Morgan fingerprint density at radius 1 is 1.05 bits per heavy atom. The van der Waals surface area contributed by atoms with Crippen molar-refractivity contribution in [3.63, 3.8) is 0 Å². The molecule has 2 saturated carbocycles. The van der Waals surface area contributed by atoms with Gasteiger partial charge >= 0.3 is 0 Å². The largest absolute Gasteiger partial charge is 0.378 e. The van der Waals surface area contributed by atoms with Crippen molar-refractivity contribution >= 4 is 12.6 Å². The Balaban J connectivity index is 1.73. The second kappa shape index (κ2) is 7.93. The predicted molar refractivity (Wildman–Crippen MR) is 85.9 cm³/mol. The topological polar surface area (TPSA) is 9.23 Å². The molecule has 0 bridgehead atoms. The van der Waals surface area contributed by atoms with E-state index in [1.165, 1.54) is 57.8 Å². The summed E-state index contributed by atoms with van der Waals surface area (Å²) in [5.41, 5.74) is 0. The number of hydrogen-bond acceptors (Lipinski definition) is 2. The fraction of sp³-hybridized carbons (Fsp3) is 1.00. The zero-order chi connectivity index (χ0) is 13.7. The third-order valence-corrected chi connectivity index (χ3v) is 5.93. The summed E-state index contributed by atoms with van der Waals surface area (Å²) in [4.78, 5) is 0. The maximum atomic E-state index is 6.00.